The summed E-state index contributed by atoms with van der Waals surface area (Å²) in [7, 11) is 1.85. The number of anilines is 1. The average Bonchev–Trinajstić information content (AvgIpc) is 2.51. The Hall–Kier alpha value is -2.30. The summed E-state index contributed by atoms with van der Waals surface area (Å²) in [6, 6.07) is 7.53. The third-order valence-corrected chi connectivity index (χ3v) is 2.99. The average molecular weight is 287 g/mol. The molecule has 0 bridgehead atoms. The van der Waals surface area contributed by atoms with Crippen molar-refractivity contribution in [1.29, 1.82) is 0 Å². The topological polar surface area (TPSA) is 56.3 Å². The van der Waals surface area contributed by atoms with E-state index in [2.05, 4.69) is 22.2 Å². The Balaban J connectivity index is 2.22. The molecule has 112 valence electrons. The molecule has 5 nitrogen and oxygen atoms in total. The minimum Gasteiger partial charge on any atom is -0.494 e. The Morgan fingerprint density at radius 3 is 2.38 bits per heavy atom. The standard InChI is InChI=1S/C16H21N3O2/c1-4-6-14-15(17-3)18-11-19-16(14)21-13-9-7-12(8-10-13)20-5-2/h7-11H,4-6H2,1-3H3,(H,17,18,19). The van der Waals surface area contributed by atoms with Crippen LogP contribution in [-0.2, 0) is 6.42 Å². The lowest BCUT2D eigenvalue weighted by atomic mass is 10.1. The largest absolute Gasteiger partial charge is 0.494 e. The zero-order valence-corrected chi connectivity index (χ0v) is 12.7. The lowest BCUT2D eigenvalue weighted by molar-refractivity contribution is 0.339. The molecule has 1 heterocycles. The predicted octanol–water partition coefficient (Wildman–Crippen LogP) is 3.66. The molecule has 0 aliphatic rings. The van der Waals surface area contributed by atoms with Gasteiger partial charge in [-0.15, -0.1) is 0 Å². The first-order chi connectivity index (χ1) is 10.3. The number of ether oxygens (including phenoxy) is 2. The molecule has 0 saturated heterocycles. The van der Waals surface area contributed by atoms with Gasteiger partial charge in [-0.05, 0) is 37.6 Å². The van der Waals surface area contributed by atoms with E-state index < -0.39 is 0 Å². The highest BCUT2D eigenvalue weighted by Gasteiger charge is 2.12. The van der Waals surface area contributed by atoms with Crippen LogP contribution in [0.25, 0.3) is 0 Å². The summed E-state index contributed by atoms with van der Waals surface area (Å²) in [5.74, 6) is 2.97. The van der Waals surface area contributed by atoms with E-state index in [1.54, 1.807) is 0 Å². The van der Waals surface area contributed by atoms with Crippen LogP contribution in [0.15, 0.2) is 30.6 Å². The van der Waals surface area contributed by atoms with Crippen molar-refractivity contribution in [3.63, 3.8) is 0 Å². The number of nitrogens with one attached hydrogen (secondary N) is 1. The Morgan fingerprint density at radius 1 is 1.05 bits per heavy atom. The third-order valence-electron chi connectivity index (χ3n) is 2.99. The van der Waals surface area contributed by atoms with Gasteiger partial charge >= 0.3 is 0 Å². The van der Waals surface area contributed by atoms with Crippen molar-refractivity contribution in [2.75, 3.05) is 19.0 Å². The number of benzene rings is 1. The summed E-state index contributed by atoms with van der Waals surface area (Å²) in [4.78, 5) is 8.49. The fraction of sp³-hybridized carbons (Fsp3) is 0.375. The van der Waals surface area contributed by atoms with Crippen LogP contribution in [0.3, 0.4) is 0 Å². The molecule has 0 fully saturated rings. The molecule has 0 saturated carbocycles. The molecule has 21 heavy (non-hydrogen) atoms. The van der Waals surface area contributed by atoms with Crippen LogP contribution in [0.4, 0.5) is 5.82 Å². The molecule has 1 aromatic carbocycles. The number of aromatic nitrogens is 2. The van der Waals surface area contributed by atoms with E-state index in [9.17, 15) is 0 Å². The van der Waals surface area contributed by atoms with Crippen molar-refractivity contribution in [3.8, 4) is 17.4 Å². The molecule has 0 aliphatic carbocycles. The highest BCUT2D eigenvalue weighted by atomic mass is 16.5. The van der Waals surface area contributed by atoms with E-state index in [0.717, 1.165) is 35.7 Å². The predicted molar refractivity (Wildman–Crippen MR) is 83.3 cm³/mol. The van der Waals surface area contributed by atoms with Gasteiger partial charge in [0.2, 0.25) is 5.88 Å². The molecule has 0 spiro atoms. The zero-order valence-electron chi connectivity index (χ0n) is 12.7. The molecule has 2 aromatic rings. The lowest BCUT2D eigenvalue weighted by Gasteiger charge is -2.13. The smallest absolute Gasteiger partial charge is 0.227 e. The van der Waals surface area contributed by atoms with Crippen molar-refractivity contribution in [1.82, 2.24) is 9.97 Å². The van der Waals surface area contributed by atoms with Gasteiger partial charge in [0, 0.05) is 7.05 Å². The molecule has 0 amide bonds. The van der Waals surface area contributed by atoms with Crippen molar-refractivity contribution in [2.24, 2.45) is 0 Å². The normalized spacial score (nSPS) is 10.2. The molecule has 0 unspecified atom stereocenters. The molecule has 0 atom stereocenters. The van der Waals surface area contributed by atoms with Crippen LogP contribution >= 0.6 is 0 Å². The summed E-state index contributed by atoms with van der Waals surface area (Å²) < 4.78 is 11.3. The first-order valence-electron chi connectivity index (χ1n) is 7.20. The monoisotopic (exact) mass is 287 g/mol. The Labute approximate surface area is 125 Å². The minimum atomic E-state index is 0.598. The minimum absolute atomic E-state index is 0.598. The van der Waals surface area contributed by atoms with E-state index in [1.807, 2.05) is 38.2 Å². The fourth-order valence-electron chi connectivity index (χ4n) is 2.06. The van der Waals surface area contributed by atoms with Gasteiger partial charge in [0.1, 0.15) is 23.6 Å². The number of nitrogens with zero attached hydrogens (tertiary/aromatic N) is 2. The Morgan fingerprint density at radius 2 is 1.76 bits per heavy atom. The van der Waals surface area contributed by atoms with Gasteiger partial charge in [-0.2, -0.15) is 0 Å². The summed E-state index contributed by atoms with van der Waals surface area (Å²) in [6.45, 7) is 4.73. The van der Waals surface area contributed by atoms with Crippen LogP contribution in [0.5, 0.6) is 17.4 Å². The van der Waals surface area contributed by atoms with E-state index >= 15 is 0 Å². The van der Waals surface area contributed by atoms with E-state index in [4.69, 9.17) is 9.47 Å². The van der Waals surface area contributed by atoms with Gasteiger partial charge in [0.15, 0.2) is 0 Å². The van der Waals surface area contributed by atoms with E-state index in [1.165, 1.54) is 6.33 Å². The van der Waals surface area contributed by atoms with Crippen LogP contribution in [-0.4, -0.2) is 23.6 Å². The van der Waals surface area contributed by atoms with Crippen LogP contribution in [0, 0.1) is 0 Å². The summed E-state index contributed by atoms with van der Waals surface area (Å²) >= 11 is 0. The lowest BCUT2D eigenvalue weighted by Crippen LogP contribution is -2.03. The van der Waals surface area contributed by atoms with Crippen molar-refractivity contribution >= 4 is 5.82 Å². The van der Waals surface area contributed by atoms with Crippen LogP contribution in [0.2, 0.25) is 0 Å². The van der Waals surface area contributed by atoms with Gasteiger partial charge in [-0.1, -0.05) is 13.3 Å². The summed E-state index contributed by atoms with van der Waals surface area (Å²) in [5, 5.41) is 3.08. The quantitative estimate of drug-likeness (QED) is 0.842. The molecule has 0 radical (unpaired) electrons. The second kappa shape index (κ2) is 7.47. The van der Waals surface area contributed by atoms with Gasteiger partial charge in [-0.25, -0.2) is 9.97 Å². The number of rotatable bonds is 7. The second-order valence-electron chi connectivity index (χ2n) is 4.51. The molecular formula is C16H21N3O2. The van der Waals surface area contributed by atoms with Crippen LogP contribution in [0.1, 0.15) is 25.8 Å². The van der Waals surface area contributed by atoms with Crippen molar-refractivity contribution in [3.05, 3.63) is 36.2 Å². The number of hydrogen-bond acceptors (Lipinski definition) is 5. The third kappa shape index (κ3) is 3.84. The first-order valence-corrected chi connectivity index (χ1v) is 7.20. The van der Waals surface area contributed by atoms with Gasteiger partial charge in [-0.3, -0.25) is 0 Å². The highest BCUT2D eigenvalue weighted by molar-refractivity contribution is 5.49. The maximum absolute atomic E-state index is 5.89. The SMILES string of the molecule is CCCc1c(NC)ncnc1Oc1ccc(OCC)cc1. The maximum atomic E-state index is 5.89. The Bertz CT molecular complexity index is 570. The van der Waals surface area contributed by atoms with Crippen LogP contribution < -0.4 is 14.8 Å². The highest BCUT2D eigenvalue weighted by Crippen LogP contribution is 2.28. The van der Waals surface area contributed by atoms with Gasteiger partial charge < -0.3 is 14.8 Å². The van der Waals surface area contributed by atoms with Crippen molar-refractivity contribution in [2.45, 2.75) is 26.7 Å². The second-order valence-corrected chi connectivity index (χ2v) is 4.51. The maximum Gasteiger partial charge on any atom is 0.227 e. The first kappa shape index (κ1) is 15.1. The number of hydrogen-bond donors (Lipinski definition) is 1. The fourth-order valence-corrected chi connectivity index (χ4v) is 2.06. The molecule has 2 rings (SSSR count). The van der Waals surface area contributed by atoms with E-state index in [0.29, 0.717) is 12.5 Å². The molecular weight excluding hydrogens is 266 g/mol. The molecule has 1 aromatic heterocycles. The molecule has 5 heteroatoms. The van der Waals surface area contributed by atoms with Crippen molar-refractivity contribution < 1.29 is 9.47 Å². The molecule has 1 N–H and O–H groups in total. The summed E-state index contributed by atoms with van der Waals surface area (Å²) in [5.41, 5.74) is 0.997. The van der Waals surface area contributed by atoms with Gasteiger partial charge in [0.25, 0.3) is 0 Å². The van der Waals surface area contributed by atoms with E-state index in [-0.39, 0.29) is 0 Å². The zero-order chi connectivity index (χ0) is 15.1. The Kier molecular flexibility index (Phi) is 5.37. The molecule has 0 aliphatic heterocycles. The van der Waals surface area contributed by atoms with Gasteiger partial charge in [0.05, 0.1) is 12.2 Å². The summed E-state index contributed by atoms with van der Waals surface area (Å²) in [6.07, 6.45) is 3.37.